The Balaban J connectivity index is 2.21. The van der Waals surface area contributed by atoms with Gasteiger partial charge in [0.05, 0.1) is 19.1 Å². The van der Waals surface area contributed by atoms with Crippen molar-refractivity contribution in [2.75, 3.05) is 24.7 Å². The van der Waals surface area contributed by atoms with Crippen LogP contribution < -0.4 is 9.04 Å². The molecule has 0 unspecified atom stereocenters. The van der Waals surface area contributed by atoms with Crippen LogP contribution in [0.25, 0.3) is 0 Å². The number of carbonyl (C=O) groups is 1. The van der Waals surface area contributed by atoms with Gasteiger partial charge in [0, 0.05) is 13.6 Å². The Morgan fingerprint density at radius 3 is 2.04 bits per heavy atom. The van der Waals surface area contributed by atoms with Gasteiger partial charge in [-0.25, -0.2) is 8.42 Å². The molecule has 28 heavy (non-hydrogen) atoms. The molecule has 7 heteroatoms. The second-order valence-corrected chi connectivity index (χ2v) is 8.66. The second kappa shape index (κ2) is 9.10. The van der Waals surface area contributed by atoms with Crippen molar-refractivity contribution < 1.29 is 17.9 Å². The molecule has 0 radical (unpaired) electrons. The Labute approximate surface area is 167 Å². The first-order valence-corrected chi connectivity index (χ1v) is 11.0. The number of benzene rings is 2. The fourth-order valence-electron chi connectivity index (χ4n) is 3.08. The standard InChI is InChI=1S/C21H28N2O4S/c1-6-17-7-11-19(12-8-17)23(28(5,25)26)16(2)21(24)22(3)15-18-9-13-20(27-4)14-10-18/h7-14,16H,6,15H2,1-5H3/t16-/m1/s1. The summed E-state index contributed by atoms with van der Waals surface area (Å²) in [4.78, 5) is 14.5. The zero-order valence-electron chi connectivity index (χ0n) is 17.0. The molecule has 1 atom stereocenters. The van der Waals surface area contributed by atoms with E-state index in [0.717, 1.165) is 29.6 Å². The summed E-state index contributed by atoms with van der Waals surface area (Å²) in [6, 6.07) is 13.8. The number of amides is 1. The number of anilines is 1. The molecule has 0 aliphatic carbocycles. The number of hydrogen-bond acceptors (Lipinski definition) is 4. The van der Waals surface area contributed by atoms with Crippen LogP contribution in [0.3, 0.4) is 0 Å². The van der Waals surface area contributed by atoms with Crippen LogP contribution in [0.2, 0.25) is 0 Å². The lowest BCUT2D eigenvalue weighted by molar-refractivity contribution is -0.131. The zero-order valence-corrected chi connectivity index (χ0v) is 17.9. The monoisotopic (exact) mass is 404 g/mol. The molecule has 0 fully saturated rings. The van der Waals surface area contributed by atoms with Crippen molar-refractivity contribution in [3.63, 3.8) is 0 Å². The lowest BCUT2D eigenvalue weighted by Crippen LogP contribution is -2.48. The summed E-state index contributed by atoms with van der Waals surface area (Å²) in [5.74, 6) is 0.464. The first-order chi connectivity index (χ1) is 13.2. The summed E-state index contributed by atoms with van der Waals surface area (Å²) < 4.78 is 31.2. The minimum atomic E-state index is -3.63. The van der Waals surface area contributed by atoms with E-state index in [9.17, 15) is 13.2 Å². The smallest absolute Gasteiger partial charge is 0.246 e. The maximum atomic E-state index is 13.0. The van der Waals surface area contributed by atoms with E-state index in [0.29, 0.717) is 12.2 Å². The molecule has 0 spiro atoms. The first-order valence-electron chi connectivity index (χ1n) is 9.13. The van der Waals surface area contributed by atoms with Gasteiger partial charge in [-0.05, 0) is 48.7 Å². The third-order valence-corrected chi connectivity index (χ3v) is 5.86. The van der Waals surface area contributed by atoms with E-state index in [4.69, 9.17) is 4.74 Å². The van der Waals surface area contributed by atoms with Crippen LogP contribution in [0, 0.1) is 0 Å². The minimum Gasteiger partial charge on any atom is -0.497 e. The molecule has 2 rings (SSSR count). The van der Waals surface area contributed by atoms with Gasteiger partial charge in [-0.1, -0.05) is 31.2 Å². The van der Waals surface area contributed by atoms with Crippen LogP contribution in [0.15, 0.2) is 48.5 Å². The summed E-state index contributed by atoms with van der Waals surface area (Å²) in [6.07, 6.45) is 1.98. The number of ether oxygens (including phenoxy) is 1. The van der Waals surface area contributed by atoms with Crippen molar-refractivity contribution in [3.8, 4) is 5.75 Å². The Kier molecular flexibility index (Phi) is 7.07. The summed E-state index contributed by atoms with van der Waals surface area (Å²) in [7, 11) is -0.361. The number of carbonyl (C=O) groups excluding carboxylic acids is 1. The van der Waals surface area contributed by atoms with Crippen LogP contribution in [0.5, 0.6) is 5.75 Å². The van der Waals surface area contributed by atoms with Gasteiger partial charge in [0.1, 0.15) is 11.8 Å². The SMILES string of the molecule is CCc1ccc(N([C@H](C)C(=O)N(C)Cc2ccc(OC)cc2)S(C)(=O)=O)cc1. The highest BCUT2D eigenvalue weighted by Gasteiger charge is 2.30. The third kappa shape index (κ3) is 5.25. The van der Waals surface area contributed by atoms with Crippen LogP contribution in [-0.2, 0) is 27.8 Å². The fourth-order valence-corrected chi connectivity index (χ4v) is 4.25. The third-order valence-electron chi connectivity index (χ3n) is 4.62. The highest BCUT2D eigenvalue weighted by Crippen LogP contribution is 2.23. The lowest BCUT2D eigenvalue weighted by atomic mass is 10.1. The van der Waals surface area contributed by atoms with E-state index in [1.54, 1.807) is 33.2 Å². The van der Waals surface area contributed by atoms with Crippen molar-refractivity contribution in [3.05, 3.63) is 59.7 Å². The molecule has 0 aromatic heterocycles. The van der Waals surface area contributed by atoms with Crippen molar-refractivity contribution >= 4 is 21.6 Å². The van der Waals surface area contributed by atoms with E-state index in [2.05, 4.69) is 0 Å². The van der Waals surface area contributed by atoms with Gasteiger partial charge in [0.15, 0.2) is 0 Å². The van der Waals surface area contributed by atoms with Crippen LogP contribution in [0.4, 0.5) is 5.69 Å². The highest BCUT2D eigenvalue weighted by molar-refractivity contribution is 7.92. The van der Waals surface area contributed by atoms with E-state index in [1.807, 2.05) is 43.3 Å². The van der Waals surface area contributed by atoms with Crippen molar-refractivity contribution in [1.82, 2.24) is 4.90 Å². The maximum absolute atomic E-state index is 13.0. The van der Waals surface area contributed by atoms with Gasteiger partial charge in [-0.3, -0.25) is 9.10 Å². The molecular formula is C21H28N2O4S. The number of hydrogen-bond donors (Lipinski definition) is 0. The molecule has 0 saturated carbocycles. The number of methoxy groups -OCH3 is 1. The summed E-state index contributed by atoms with van der Waals surface area (Å²) in [5, 5.41) is 0. The van der Waals surface area contributed by atoms with Crippen molar-refractivity contribution in [2.45, 2.75) is 32.9 Å². The molecule has 0 N–H and O–H groups in total. The Morgan fingerprint density at radius 2 is 1.57 bits per heavy atom. The Hall–Kier alpha value is -2.54. The van der Waals surface area contributed by atoms with Crippen LogP contribution >= 0.6 is 0 Å². The first kappa shape index (κ1) is 21.8. The average molecular weight is 405 g/mol. The molecule has 0 aliphatic heterocycles. The number of rotatable bonds is 8. The van der Waals surface area contributed by atoms with E-state index < -0.39 is 16.1 Å². The molecule has 0 aliphatic rings. The maximum Gasteiger partial charge on any atom is 0.246 e. The minimum absolute atomic E-state index is 0.277. The van der Waals surface area contributed by atoms with Gasteiger partial charge in [0.2, 0.25) is 15.9 Å². The van der Waals surface area contributed by atoms with E-state index in [1.165, 1.54) is 9.21 Å². The van der Waals surface area contributed by atoms with Crippen molar-refractivity contribution in [2.24, 2.45) is 0 Å². The van der Waals surface area contributed by atoms with E-state index in [-0.39, 0.29) is 5.91 Å². The predicted octanol–water partition coefficient (Wildman–Crippen LogP) is 3.07. The largest absolute Gasteiger partial charge is 0.497 e. The molecular weight excluding hydrogens is 376 g/mol. The van der Waals surface area contributed by atoms with Gasteiger partial charge in [-0.15, -0.1) is 0 Å². The second-order valence-electron chi connectivity index (χ2n) is 6.80. The number of likely N-dealkylation sites (N-methyl/N-ethyl adjacent to an activating group) is 1. The molecule has 2 aromatic carbocycles. The number of nitrogens with zero attached hydrogens (tertiary/aromatic N) is 2. The molecule has 1 amide bonds. The predicted molar refractivity (Wildman–Crippen MR) is 112 cm³/mol. The Morgan fingerprint density at radius 1 is 1.04 bits per heavy atom. The summed E-state index contributed by atoms with van der Waals surface area (Å²) >= 11 is 0. The van der Waals surface area contributed by atoms with Crippen molar-refractivity contribution in [1.29, 1.82) is 0 Å². The Bertz CT molecular complexity index is 893. The normalized spacial score (nSPS) is 12.3. The topological polar surface area (TPSA) is 66.9 Å². The fraction of sp³-hybridized carbons (Fsp3) is 0.381. The molecule has 0 heterocycles. The molecule has 0 bridgehead atoms. The summed E-state index contributed by atoms with van der Waals surface area (Å²) in [5.41, 5.74) is 2.52. The highest BCUT2D eigenvalue weighted by atomic mass is 32.2. The molecule has 0 saturated heterocycles. The van der Waals surface area contributed by atoms with E-state index >= 15 is 0 Å². The molecule has 6 nitrogen and oxygen atoms in total. The van der Waals surface area contributed by atoms with Gasteiger partial charge in [0.25, 0.3) is 0 Å². The van der Waals surface area contributed by atoms with Crippen LogP contribution in [-0.4, -0.2) is 45.7 Å². The van der Waals surface area contributed by atoms with Gasteiger partial charge in [-0.2, -0.15) is 0 Å². The van der Waals surface area contributed by atoms with Gasteiger partial charge >= 0.3 is 0 Å². The molecule has 2 aromatic rings. The quantitative estimate of drug-likeness (QED) is 0.678. The molecule has 152 valence electrons. The zero-order chi connectivity index (χ0) is 20.9. The number of sulfonamides is 1. The average Bonchev–Trinajstić information content (AvgIpc) is 2.67. The van der Waals surface area contributed by atoms with Gasteiger partial charge < -0.3 is 9.64 Å². The summed E-state index contributed by atoms with van der Waals surface area (Å²) in [6.45, 7) is 4.02. The number of aryl methyl sites for hydroxylation is 1. The van der Waals surface area contributed by atoms with Crippen LogP contribution in [0.1, 0.15) is 25.0 Å². The lowest BCUT2D eigenvalue weighted by Gasteiger charge is -2.31.